The van der Waals surface area contributed by atoms with Crippen LogP contribution in [0, 0.1) is 0 Å². The molecule has 1 aliphatic rings. The summed E-state index contributed by atoms with van der Waals surface area (Å²) >= 11 is 0. The molecule has 0 spiro atoms. The lowest BCUT2D eigenvalue weighted by Crippen LogP contribution is -2.39. The van der Waals surface area contributed by atoms with Crippen molar-refractivity contribution in [3.63, 3.8) is 0 Å². The lowest BCUT2D eigenvalue weighted by Gasteiger charge is -2.32. The van der Waals surface area contributed by atoms with Gasteiger partial charge in [0, 0.05) is 12.8 Å². The van der Waals surface area contributed by atoms with Crippen LogP contribution >= 0.6 is 0 Å². The van der Waals surface area contributed by atoms with Gasteiger partial charge in [-0.15, -0.1) is 0 Å². The summed E-state index contributed by atoms with van der Waals surface area (Å²) in [7, 11) is 0. The molecule has 0 bridgehead atoms. The molecule has 1 N–H and O–H groups in total. The fourth-order valence-electron chi connectivity index (χ4n) is 3.16. The molecule has 1 aliphatic heterocycles. The molecule has 0 aliphatic carbocycles. The second kappa shape index (κ2) is 8.49. The van der Waals surface area contributed by atoms with E-state index in [1.165, 1.54) is 25.1 Å². The number of alkyl halides is 4. The fourth-order valence-corrected chi connectivity index (χ4v) is 3.16. The maximum absolute atomic E-state index is 12.9. The van der Waals surface area contributed by atoms with Gasteiger partial charge in [0.2, 0.25) is 12.9 Å². The predicted molar refractivity (Wildman–Crippen MR) is 88.2 cm³/mol. The Hall–Kier alpha value is -2.45. The second-order valence-electron chi connectivity index (χ2n) is 6.21. The summed E-state index contributed by atoms with van der Waals surface area (Å²) in [5.41, 5.74) is -1.47. The molecule has 0 aromatic heterocycles. The Morgan fingerprint density at radius 3 is 2.22 bits per heavy atom. The van der Waals surface area contributed by atoms with Crippen molar-refractivity contribution >= 4 is 23.3 Å². The van der Waals surface area contributed by atoms with Crippen LogP contribution < -0.4 is 5.32 Å². The van der Waals surface area contributed by atoms with E-state index < -0.39 is 61.6 Å². The Morgan fingerprint density at radius 2 is 1.70 bits per heavy atom. The van der Waals surface area contributed by atoms with E-state index in [-0.39, 0.29) is 23.4 Å². The van der Waals surface area contributed by atoms with Gasteiger partial charge in [0.1, 0.15) is 0 Å². The maximum atomic E-state index is 12.9. The zero-order valence-electron chi connectivity index (χ0n) is 14.6. The number of fused-ring (bicyclic) bond motifs is 1. The molecule has 0 atom stereocenters. The average molecular weight is 389 g/mol. The van der Waals surface area contributed by atoms with Gasteiger partial charge in [0.05, 0.1) is 23.3 Å². The van der Waals surface area contributed by atoms with Gasteiger partial charge in [0.15, 0.2) is 0 Å². The molecule has 0 saturated heterocycles. The molecule has 9 heteroatoms. The third-order valence-corrected chi connectivity index (χ3v) is 4.52. The lowest BCUT2D eigenvalue weighted by atomic mass is 9.72. The number of halogens is 4. The van der Waals surface area contributed by atoms with Crippen LogP contribution in [0.5, 0.6) is 0 Å². The van der Waals surface area contributed by atoms with Gasteiger partial charge in [-0.3, -0.25) is 14.4 Å². The zero-order valence-corrected chi connectivity index (χ0v) is 14.6. The number of nitrogens with one attached hydrogen (secondary N) is 1. The van der Waals surface area contributed by atoms with Gasteiger partial charge in [-0.05, 0) is 37.5 Å². The number of hydrogen-bond acceptors (Lipinski definition) is 4. The largest absolute Gasteiger partial charge is 0.465 e. The summed E-state index contributed by atoms with van der Waals surface area (Å²) < 4.78 is 56.4. The molecule has 0 radical (unpaired) electrons. The highest BCUT2D eigenvalue weighted by Gasteiger charge is 2.43. The number of rotatable bonds is 9. The first-order chi connectivity index (χ1) is 12.7. The van der Waals surface area contributed by atoms with Crippen molar-refractivity contribution in [1.29, 1.82) is 0 Å². The summed E-state index contributed by atoms with van der Waals surface area (Å²) in [6, 6.07) is 3.95. The molecule has 1 amide bonds. The Balaban J connectivity index is 2.53. The monoisotopic (exact) mass is 389 g/mol. The molecule has 5 nitrogen and oxygen atoms in total. The standard InChI is InChI=1S/C18H19F4NO4/c1-2-27-17(26)18(7-5-13(19)20,8-6-14(21)22)10-3-4-12-11(9-10)15(24)16(25)23-12/h3-4,9,13-14H,2,5-8H2,1H3,(H,23,24,25). The van der Waals surface area contributed by atoms with Crippen LogP contribution in [0.15, 0.2) is 18.2 Å². The number of hydrogen-bond donors (Lipinski definition) is 1. The number of carbonyl (C=O) groups is 3. The van der Waals surface area contributed by atoms with Gasteiger partial charge in [-0.2, -0.15) is 0 Å². The molecule has 148 valence electrons. The van der Waals surface area contributed by atoms with E-state index in [4.69, 9.17) is 4.74 Å². The van der Waals surface area contributed by atoms with Crippen molar-refractivity contribution in [2.24, 2.45) is 0 Å². The highest BCUT2D eigenvalue weighted by atomic mass is 19.3. The van der Waals surface area contributed by atoms with E-state index in [2.05, 4.69) is 5.32 Å². The van der Waals surface area contributed by atoms with Crippen LogP contribution in [0.1, 0.15) is 48.5 Å². The number of anilines is 1. The molecule has 0 fully saturated rings. The molecule has 2 rings (SSSR count). The molecule has 1 aromatic rings. The van der Waals surface area contributed by atoms with Gasteiger partial charge < -0.3 is 10.1 Å². The first-order valence-electron chi connectivity index (χ1n) is 8.45. The normalized spacial score (nSPS) is 13.9. The molecule has 1 heterocycles. The van der Waals surface area contributed by atoms with Crippen molar-refractivity contribution in [2.45, 2.75) is 50.9 Å². The molecule has 0 saturated carbocycles. The lowest BCUT2D eigenvalue weighted by molar-refractivity contribution is -0.151. The third kappa shape index (κ3) is 4.45. The average Bonchev–Trinajstić information content (AvgIpc) is 2.89. The predicted octanol–water partition coefficient (Wildman–Crippen LogP) is 3.71. The number of ketones is 1. The van der Waals surface area contributed by atoms with Crippen molar-refractivity contribution in [1.82, 2.24) is 0 Å². The second-order valence-corrected chi connectivity index (χ2v) is 6.21. The van der Waals surface area contributed by atoms with Crippen molar-refractivity contribution < 1.29 is 36.7 Å². The first kappa shape index (κ1) is 20.9. The van der Waals surface area contributed by atoms with Crippen LogP contribution in [-0.2, 0) is 19.7 Å². The Morgan fingerprint density at radius 1 is 1.11 bits per heavy atom. The molecular weight excluding hydrogens is 370 g/mol. The van der Waals surface area contributed by atoms with Gasteiger partial charge in [-0.1, -0.05) is 6.07 Å². The minimum atomic E-state index is -2.75. The van der Waals surface area contributed by atoms with Crippen LogP contribution in [0.3, 0.4) is 0 Å². The van der Waals surface area contributed by atoms with E-state index >= 15 is 0 Å². The van der Waals surface area contributed by atoms with E-state index in [1.54, 1.807) is 0 Å². The van der Waals surface area contributed by atoms with E-state index in [1.807, 2.05) is 0 Å². The Bertz CT molecular complexity index is 724. The van der Waals surface area contributed by atoms with Crippen molar-refractivity contribution in [3.8, 4) is 0 Å². The minimum Gasteiger partial charge on any atom is -0.465 e. The summed E-state index contributed by atoms with van der Waals surface area (Å²) in [6.07, 6.45) is -7.75. The SMILES string of the molecule is CCOC(=O)C(CCC(F)F)(CCC(F)F)c1ccc2c(c1)C(=O)C(=O)N2. The fraction of sp³-hybridized carbons (Fsp3) is 0.500. The quantitative estimate of drug-likeness (QED) is 0.397. The van der Waals surface area contributed by atoms with E-state index in [0.717, 1.165) is 0 Å². The van der Waals surface area contributed by atoms with Crippen LogP contribution in [0.4, 0.5) is 23.2 Å². The summed E-state index contributed by atoms with van der Waals surface area (Å²) in [4.78, 5) is 36.1. The number of carbonyl (C=O) groups excluding carboxylic acids is 3. The maximum Gasteiger partial charge on any atom is 0.316 e. The van der Waals surface area contributed by atoms with Gasteiger partial charge in [-0.25, -0.2) is 17.6 Å². The minimum absolute atomic E-state index is 0.0275. The number of amides is 1. The topological polar surface area (TPSA) is 72.5 Å². The summed E-state index contributed by atoms with van der Waals surface area (Å²) in [5, 5.41) is 2.34. The Kier molecular flexibility index (Phi) is 6.56. The number of esters is 1. The number of Topliss-reactive ketones (excluding diaryl/α,β-unsaturated/α-hetero) is 1. The van der Waals surface area contributed by atoms with Crippen molar-refractivity contribution in [3.05, 3.63) is 29.3 Å². The van der Waals surface area contributed by atoms with E-state index in [9.17, 15) is 31.9 Å². The third-order valence-electron chi connectivity index (χ3n) is 4.52. The number of ether oxygens (including phenoxy) is 1. The molecule has 0 unspecified atom stereocenters. The molecule has 1 aromatic carbocycles. The van der Waals surface area contributed by atoms with Crippen LogP contribution in [0.2, 0.25) is 0 Å². The smallest absolute Gasteiger partial charge is 0.316 e. The first-order valence-corrected chi connectivity index (χ1v) is 8.45. The van der Waals surface area contributed by atoms with Crippen LogP contribution in [-0.4, -0.2) is 37.1 Å². The van der Waals surface area contributed by atoms with Gasteiger partial charge >= 0.3 is 5.97 Å². The van der Waals surface area contributed by atoms with Crippen molar-refractivity contribution in [2.75, 3.05) is 11.9 Å². The highest BCUT2D eigenvalue weighted by Crippen LogP contribution is 2.40. The molecule has 27 heavy (non-hydrogen) atoms. The molecular formula is C18H19F4NO4. The Labute approximate surface area is 153 Å². The summed E-state index contributed by atoms with van der Waals surface area (Å²) in [6.45, 7) is 1.45. The van der Waals surface area contributed by atoms with E-state index in [0.29, 0.717) is 0 Å². The number of benzene rings is 1. The zero-order chi connectivity index (χ0) is 20.2. The summed E-state index contributed by atoms with van der Waals surface area (Å²) in [5.74, 6) is -2.60. The van der Waals surface area contributed by atoms with Gasteiger partial charge in [0.25, 0.3) is 11.7 Å². The highest BCUT2D eigenvalue weighted by molar-refractivity contribution is 6.51. The van der Waals surface area contributed by atoms with Crippen LogP contribution in [0.25, 0.3) is 0 Å².